The first-order valence-corrected chi connectivity index (χ1v) is 6.05. The Hall–Kier alpha value is -1.69. The number of hydrogen-bond donors (Lipinski definition) is 0. The Balaban J connectivity index is 2.22. The van der Waals surface area contributed by atoms with E-state index < -0.39 is 0 Å². The van der Waals surface area contributed by atoms with Gasteiger partial charge >= 0.3 is 6.01 Å². The minimum Gasteiger partial charge on any atom is -0.467 e. The van der Waals surface area contributed by atoms with E-state index in [2.05, 4.69) is 31.4 Å². The van der Waals surface area contributed by atoms with Crippen LogP contribution < -0.4 is 4.74 Å². The molecule has 0 spiro atoms. The lowest BCUT2D eigenvalue weighted by molar-refractivity contribution is 0.376. The van der Waals surface area contributed by atoms with Crippen LogP contribution in [-0.4, -0.2) is 31.6 Å². The van der Waals surface area contributed by atoms with Crippen LogP contribution in [0.15, 0.2) is 12.4 Å². The summed E-state index contributed by atoms with van der Waals surface area (Å²) in [6.07, 6.45) is 5.26. The summed E-state index contributed by atoms with van der Waals surface area (Å²) in [5.41, 5.74) is 0. The van der Waals surface area contributed by atoms with Crippen LogP contribution in [0, 0.1) is 0 Å². The molecule has 0 aliphatic heterocycles. The zero-order chi connectivity index (χ0) is 13.0. The third kappa shape index (κ3) is 2.95. The molecule has 0 aliphatic carbocycles. The summed E-state index contributed by atoms with van der Waals surface area (Å²) in [5.74, 6) is 1.46. The van der Waals surface area contributed by atoms with E-state index in [0.29, 0.717) is 12.2 Å². The SMILES string of the molecule is CCCn1ccnc1Cc1nc(Cl)nc(OC)n1. The van der Waals surface area contributed by atoms with Gasteiger partial charge in [-0.1, -0.05) is 6.92 Å². The van der Waals surface area contributed by atoms with Gasteiger partial charge in [0.2, 0.25) is 5.28 Å². The highest BCUT2D eigenvalue weighted by atomic mass is 35.5. The molecular formula is C11H14ClN5O. The number of imidazole rings is 1. The van der Waals surface area contributed by atoms with Gasteiger partial charge in [0, 0.05) is 18.9 Å². The highest BCUT2D eigenvalue weighted by molar-refractivity contribution is 6.28. The molecule has 2 rings (SSSR count). The van der Waals surface area contributed by atoms with E-state index in [9.17, 15) is 0 Å². The number of aromatic nitrogens is 5. The molecule has 2 heterocycles. The summed E-state index contributed by atoms with van der Waals surface area (Å²) in [4.78, 5) is 16.3. The van der Waals surface area contributed by atoms with Crippen molar-refractivity contribution in [2.45, 2.75) is 26.3 Å². The van der Waals surface area contributed by atoms with E-state index in [1.54, 1.807) is 6.20 Å². The van der Waals surface area contributed by atoms with Crippen molar-refractivity contribution in [1.82, 2.24) is 24.5 Å². The monoisotopic (exact) mass is 267 g/mol. The lowest BCUT2D eigenvalue weighted by atomic mass is 10.3. The van der Waals surface area contributed by atoms with Crippen molar-refractivity contribution >= 4 is 11.6 Å². The van der Waals surface area contributed by atoms with Crippen LogP contribution in [0.2, 0.25) is 5.28 Å². The normalized spacial score (nSPS) is 10.6. The van der Waals surface area contributed by atoms with Crippen molar-refractivity contribution in [2.75, 3.05) is 7.11 Å². The van der Waals surface area contributed by atoms with Crippen LogP contribution in [0.5, 0.6) is 6.01 Å². The van der Waals surface area contributed by atoms with Gasteiger partial charge in [0.15, 0.2) is 0 Å². The maximum absolute atomic E-state index is 5.80. The molecular weight excluding hydrogens is 254 g/mol. The predicted molar refractivity (Wildman–Crippen MR) is 66.7 cm³/mol. The number of halogens is 1. The first kappa shape index (κ1) is 12.8. The standard InChI is InChI=1S/C11H14ClN5O/c1-3-5-17-6-4-13-9(17)7-8-14-10(12)16-11(15-8)18-2/h4,6H,3,5,7H2,1-2H3. The fraction of sp³-hybridized carbons (Fsp3) is 0.455. The Kier molecular flexibility index (Phi) is 4.09. The molecule has 0 fully saturated rings. The first-order valence-electron chi connectivity index (χ1n) is 5.67. The molecule has 0 saturated heterocycles. The number of methoxy groups -OCH3 is 1. The van der Waals surface area contributed by atoms with E-state index >= 15 is 0 Å². The van der Waals surface area contributed by atoms with Gasteiger partial charge in [-0.25, -0.2) is 9.97 Å². The molecule has 18 heavy (non-hydrogen) atoms. The number of rotatable bonds is 5. The molecule has 0 aliphatic rings. The van der Waals surface area contributed by atoms with Gasteiger partial charge in [-0.3, -0.25) is 0 Å². The average Bonchev–Trinajstić information content (AvgIpc) is 2.76. The molecule has 0 saturated carbocycles. The van der Waals surface area contributed by atoms with E-state index in [4.69, 9.17) is 16.3 Å². The van der Waals surface area contributed by atoms with Crippen molar-refractivity contribution in [2.24, 2.45) is 0 Å². The van der Waals surface area contributed by atoms with Crippen molar-refractivity contribution in [3.8, 4) is 6.01 Å². The van der Waals surface area contributed by atoms with Crippen molar-refractivity contribution in [1.29, 1.82) is 0 Å². The highest BCUT2D eigenvalue weighted by Gasteiger charge is 2.09. The van der Waals surface area contributed by atoms with Gasteiger partial charge in [-0.15, -0.1) is 0 Å². The van der Waals surface area contributed by atoms with Crippen LogP contribution in [0.25, 0.3) is 0 Å². The van der Waals surface area contributed by atoms with Gasteiger partial charge < -0.3 is 9.30 Å². The molecule has 2 aromatic heterocycles. The number of aryl methyl sites for hydroxylation is 1. The Bertz CT molecular complexity index is 528. The molecule has 7 heteroatoms. The second-order valence-electron chi connectivity index (χ2n) is 3.72. The summed E-state index contributed by atoms with van der Waals surface area (Å²) in [6.45, 7) is 3.04. The van der Waals surface area contributed by atoms with Crippen LogP contribution in [-0.2, 0) is 13.0 Å². The fourth-order valence-corrected chi connectivity index (χ4v) is 1.80. The molecule has 0 unspecified atom stereocenters. The average molecular weight is 268 g/mol. The molecule has 0 N–H and O–H groups in total. The van der Waals surface area contributed by atoms with Gasteiger partial charge in [0.25, 0.3) is 0 Å². The van der Waals surface area contributed by atoms with Crippen molar-refractivity contribution in [3.63, 3.8) is 0 Å². The quantitative estimate of drug-likeness (QED) is 0.825. The minimum atomic E-state index is 0.130. The Labute approximate surface area is 110 Å². The summed E-state index contributed by atoms with van der Waals surface area (Å²) in [6, 6.07) is 0.221. The molecule has 0 radical (unpaired) electrons. The zero-order valence-corrected chi connectivity index (χ0v) is 11.1. The molecule has 96 valence electrons. The summed E-state index contributed by atoms with van der Waals surface area (Å²) < 4.78 is 7.03. The highest BCUT2D eigenvalue weighted by Crippen LogP contribution is 2.11. The predicted octanol–water partition coefficient (Wildman–Crippen LogP) is 1.73. The van der Waals surface area contributed by atoms with E-state index in [1.807, 2.05) is 6.20 Å². The second-order valence-corrected chi connectivity index (χ2v) is 4.06. The Morgan fingerprint density at radius 1 is 1.33 bits per heavy atom. The van der Waals surface area contributed by atoms with Gasteiger partial charge in [-0.05, 0) is 18.0 Å². The van der Waals surface area contributed by atoms with Crippen molar-refractivity contribution < 1.29 is 4.74 Å². The lowest BCUT2D eigenvalue weighted by Crippen LogP contribution is -2.07. The topological polar surface area (TPSA) is 65.7 Å². The maximum atomic E-state index is 5.80. The van der Waals surface area contributed by atoms with Crippen molar-refractivity contribution in [3.05, 3.63) is 29.3 Å². The van der Waals surface area contributed by atoms with Gasteiger partial charge in [-0.2, -0.15) is 9.97 Å². The van der Waals surface area contributed by atoms with E-state index in [0.717, 1.165) is 18.8 Å². The van der Waals surface area contributed by atoms with Crippen LogP contribution >= 0.6 is 11.6 Å². The van der Waals surface area contributed by atoms with Crippen LogP contribution in [0.1, 0.15) is 25.0 Å². The lowest BCUT2D eigenvalue weighted by Gasteiger charge is -2.06. The minimum absolute atomic E-state index is 0.130. The molecule has 0 aromatic carbocycles. The molecule has 2 aromatic rings. The molecule has 0 amide bonds. The summed E-state index contributed by atoms with van der Waals surface area (Å²) in [7, 11) is 1.49. The number of ether oxygens (including phenoxy) is 1. The molecule has 0 bridgehead atoms. The smallest absolute Gasteiger partial charge is 0.320 e. The third-order valence-corrected chi connectivity index (χ3v) is 2.57. The summed E-state index contributed by atoms with van der Waals surface area (Å²) in [5, 5.41) is 0.130. The first-order chi connectivity index (χ1) is 8.72. The Morgan fingerprint density at radius 2 is 2.17 bits per heavy atom. The van der Waals surface area contributed by atoms with Crippen LogP contribution in [0.3, 0.4) is 0 Å². The van der Waals surface area contributed by atoms with Crippen LogP contribution in [0.4, 0.5) is 0 Å². The maximum Gasteiger partial charge on any atom is 0.320 e. The zero-order valence-electron chi connectivity index (χ0n) is 10.3. The Morgan fingerprint density at radius 3 is 2.89 bits per heavy atom. The third-order valence-electron chi connectivity index (χ3n) is 2.40. The molecule has 0 atom stereocenters. The number of hydrogen-bond acceptors (Lipinski definition) is 5. The van der Waals surface area contributed by atoms with E-state index in [1.165, 1.54) is 7.11 Å². The number of nitrogens with zero attached hydrogens (tertiary/aromatic N) is 5. The second kappa shape index (κ2) is 5.77. The molecule has 6 nitrogen and oxygen atoms in total. The largest absolute Gasteiger partial charge is 0.467 e. The van der Waals surface area contributed by atoms with E-state index in [-0.39, 0.29) is 11.3 Å². The van der Waals surface area contributed by atoms with Gasteiger partial charge in [0.1, 0.15) is 11.6 Å². The summed E-state index contributed by atoms with van der Waals surface area (Å²) >= 11 is 5.80. The van der Waals surface area contributed by atoms with Gasteiger partial charge in [0.05, 0.1) is 13.5 Å². The fourth-order valence-electron chi connectivity index (χ4n) is 1.63.